The maximum atomic E-state index is 15.2. The van der Waals surface area contributed by atoms with Crippen LogP contribution < -0.4 is 0 Å². The van der Waals surface area contributed by atoms with Crippen molar-refractivity contribution in [3.05, 3.63) is 0 Å². The SMILES string of the molecule is CC1CCC2(C)C(CCC3C2CC[C@]2(C)C(CCCC(=O)OC(C)(C)C)CCC32)C1F. The standard InChI is InChI=1S/C28H47FO2/c1-18-14-16-28(6)22-15-17-27(5)19(8-7-9-24(30)31-26(2,3)4)10-12-21(27)20(22)11-13-23(28)25(18)29/h18-23,25H,7-17H2,1-6H3/t18?,19?,20?,21?,22?,23?,25?,27-,28?/m1/s1. The molecule has 9 atom stereocenters. The third-order valence-corrected chi connectivity index (χ3v) is 10.6. The van der Waals surface area contributed by atoms with E-state index in [9.17, 15) is 4.79 Å². The monoisotopic (exact) mass is 434 g/mol. The summed E-state index contributed by atoms with van der Waals surface area (Å²) < 4.78 is 20.7. The minimum absolute atomic E-state index is 0.0468. The van der Waals surface area contributed by atoms with Gasteiger partial charge in [0.05, 0.1) is 0 Å². The molecule has 0 radical (unpaired) electrons. The van der Waals surface area contributed by atoms with E-state index in [1.54, 1.807) is 0 Å². The van der Waals surface area contributed by atoms with Gasteiger partial charge in [-0.15, -0.1) is 0 Å². The van der Waals surface area contributed by atoms with Crippen molar-refractivity contribution in [1.29, 1.82) is 0 Å². The molecule has 3 heteroatoms. The summed E-state index contributed by atoms with van der Waals surface area (Å²) in [6.07, 6.45) is 12.0. The van der Waals surface area contributed by atoms with Crippen molar-refractivity contribution in [3.63, 3.8) is 0 Å². The molecule has 4 saturated carbocycles. The van der Waals surface area contributed by atoms with Crippen LogP contribution in [-0.2, 0) is 9.53 Å². The summed E-state index contributed by atoms with van der Waals surface area (Å²) in [5, 5.41) is 0. The number of carbonyl (C=O) groups excluding carboxylic acids is 1. The van der Waals surface area contributed by atoms with Gasteiger partial charge in [-0.1, -0.05) is 20.8 Å². The molecule has 178 valence electrons. The van der Waals surface area contributed by atoms with E-state index in [0.717, 1.165) is 49.4 Å². The molecule has 0 heterocycles. The lowest BCUT2D eigenvalue weighted by molar-refractivity contribution is -0.155. The lowest BCUT2D eigenvalue weighted by Crippen LogP contribution is -2.56. The van der Waals surface area contributed by atoms with Crippen LogP contribution in [0.15, 0.2) is 0 Å². The molecule has 0 N–H and O–H groups in total. The van der Waals surface area contributed by atoms with Gasteiger partial charge in [-0.05, 0) is 131 Å². The average molecular weight is 435 g/mol. The van der Waals surface area contributed by atoms with E-state index in [0.29, 0.717) is 17.8 Å². The third kappa shape index (κ3) is 4.21. The summed E-state index contributed by atoms with van der Waals surface area (Å²) in [7, 11) is 0. The Balaban J connectivity index is 1.39. The maximum absolute atomic E-state index is 15.2. The van der Waals surface area contributed by atoms with Crippen LogP contribution in [0.4, 0.5) is 4.39 Å². The highest BCUT2D eigenvalue weighted by atomic mass is 19.1. The normalized spacial score (nSPS) is 47.3. The molecule has 4 rings (SSSR count). The zero-order chi connectivity index (χ0) is 22.6. The Hall–Kier alpha value is -0.600. The second-order valence-corrected chi connectivity index (χ2v) is 13.3. The van der Waals surface area contributed by atoms with Crippen LogP contribution in [0.1, 0.15) is 112 Å². The molecule has 4 aliphatic carbocycles. The first-order valence-electron chi connectivity index (χ1n) is 13.3. The fourth-order valence-electron chi connectivity index (χ4n) is 8.94. The van der Waals surface area contributed by atoms with Crippen molar-refractivity contribution in [2.24, 2.45) is 46.3 Å². The fourth-order valence-corrected chi connectivity index (χ4v) is 8.94. The molecular weight excluding hydrogens is 387 g/mol. The summed E-state index contributed by atoms with van der Waals surface area (Å²) in [5.41, 5.74) is 0.269. The smallest absolute Gasteiger partial charge is 0.306 e. The molecule has 8 unspecified atom stereocenters. The summed E-state index contributed by atoms with van der Waals surface area (Å²) in [6, 6.07) is 0. The molecule has 0 aromatic carbocycles. The average Bonchev–Trinajstić information content (AvgIpc) is 3.00. The first-order valence-corrected chi connectivity index (χ1v) is 13.3. The van der Waals surface area contributed by atoms with Crippen LogP contribution in [0.25, 0.3) is 0 Å². The largest absolute Gasteiger partial charge is 0.460 e. The Morgan fingerprint density at radius 2 is 1.58 bits per heavy atom. The number of rotatable bonds is 4. The van der Waals surface area contributed by atoms with Gasteiger partial charge < -0.3 is 4.74 Å². The Morgan fingerprint density at radius 1 is 0.935 bits per heavy atom. The highest BCUT2D eigenvalue weighted by Crippen LogP contribution is 2.68. The molecule has 0 aromatic rings. The van der Waals surface area contributed by atoms with E-state index in [4.69, 9.17) is 4.74 Å². The van der Waals surface area contributed by atoms with E-state index in [-0.39, 0.29) is 22.9 Å². The van der Waals surface area contributed by atoms with Gasteiger partial charge in [0.2, 0.25) is 0 Å². The van der Waals surface area contributed by atoms with E-state index >= 15 is 4.39 Å². The van der Waals surface area contributed by atoms with Gasteiger partial charge in [0.1, 0.15) is 11.8 Å². The number of alkyl halides is 1. The van der Waals surface area contributed by atoms with Gasteiger partial charge in [0.15, 0.2) is 0 Å². The van der Waals surface area contributed by atoms with Crippen molar-refractivity contribution in [2.45, 2.75) is 124 Å². The lowest BCUT2D eigenvalue weighted by Gasteiger charge is -2.61. The van der Waals surface area contributed by atoms with E-state index in [1.807, 2.05) is 20.8 Å². The number of ether oxygens (including phenoxy) is 1. The molecule has 4 fully saturated rings. The van der Waals surface area contributed by atoms with Gasteiger partial charge in [-0.25, -0.2) is 4.39 Å². The molecule has 31 heavy (non-hydrogen) atoms. The molecule has 0 bridgehead atoms. The minimum Gasteiger partial charge on any atom is -0.460 e. The number of hydrogen-bond acceptors (Lipinski definition) is 2. The number of esters is 1. The number of fused-ring (bicyclic) bond motifs is 5. The Bertz CT molecular complexity index is 668. The highest BCUT2D eigenvalue weighted by molar-refractivity contribution is 5.69. The summed E-state index contributed by atoms with van der Waals surface area (Å²) >= 11 is 0. The van der Waals surface area contributed by atoms with Crippen LogP contribution in [-0.4, -0.2) is 17.7 Å². The van der Waals surface area contributed by atoms with Crippen molar-refractivity contribution >= 4 is 5.97 Å². The van der Waals surface area contributed by atoms with Gasteiger partial charge in [0.25, 0.3) is 0 Å². The predicted molar refractivity (Wildman–Crippen MR) is 124 cm³/mol. The first-order chi connectivity index (χ1) is 14.5. The molecular formula is C28H47FO2. The second-order valence-electron chi connectivity index (χ2n) is 13.3. The topological polar surface area (TPSA) is 26.3 Å². The van der Waals surface area contributed by atoms with Crippen LogP contribution in [0.5, 0.6) is 0 Å². The number of halogens is 1. The molecule has 0 aromatic heterocycles. The zero-order valence-electron chi connectivity index (χ0n) is 21.0. The Morgan fingerprint density at radius 3 is 2.29 bits per heavy atom. The van der Waals surface area contributed by atoms with Gasteiger partial charge in [-0.3, -0.25) is 4.79 Å². The third-order valence-electron chi connectivity index (χ3n) is 10.6. The molecule has 2 nitrogen and oxygen atoms in total. The molecule has 0 spiro atoms. The minimum atomic E-state index is -0.586. The van der Waals surface area contributed by atoms with Crippen molar-refractivity contribution in [2.75, 3.05) is 0 Å². The second kappa shape index (κ2) is 8.32. The van der Waals surface area contributed by atoms with Gasteiger partial charge in [-0.2, -0.15) is 0 Å². The highest BCUT2D eigenvalue weighted by Gasteiger charge is 2.61. The molecule has 0 amide bonds. The van der Waals surface area contributed by atoms with Crippen LogP contribution in [0.2, 0.25) is 0 Å². The lowest BCUT2D eigenvalue weighted by atomic mass is 9.44. The van der Waals surface area contributed by atoms with Crippen molar-refractivity contribution in [3.8, 4) is 0 Å². The van der Waals surface area contributed by atoms with Crippen LogP contribution in [0, 0.1) is 46.3 Å². The Kier molecular flexibility index (Phi) is 6.32. The predicted octanol–water partition coefficient (Wildman–Crippen LogP) is 7.74. The summed E-state index contributed by atoms with van der Waals surface area (Å²) in [4.78, 5) is 12.1. The van der Waals surface area contributed by atoms with Crippen LogP contribution >= 0.6 is 0 Å². The quantitative estimate of drug-likeness (QED) is 0.423. The fraction of sp³-hybridized carbons (Fsp3) is 0.964. The molecule has 4 aliphatic rings. The van der Waals surface area contributed by atoms with Crippen molar-refractivity contribution in [1.82, 2.24) is 0 Å². The number of carbonyl (C=O) groups is 1. The maximum Gasteiger partial charge on any atom is 0.306 e. The number of hydrogen-bond donors (Lipinski definition) is 0. The summed E-state index contributed by atoms with van der Waals surface area (Å²) in [5.74, 6) is 3.60. The van der Waals surface area contributed by atoms with Crippen LogP contribution in [0.3, 0.4) is 0 Å². The van der Waals surface area contributed by atoms with E-state index < -0.39 is 6.17 Å². The molecule has 0 saturated heterocycles. The Labute approximate surface area is 190 Å². The van der Waals surface area contributed by atoms with E-state index in [2.05, 4.69) is 20.8 Å². The van der Waals surface area contributed by atoms with Crippen molar-refractivity contribution < 1.29 is 13.9 Å². The van der Waals surface area contributed by atoms with Gasteiger partial charge in [0, 0.05) is 6.42 Å². The molecule has 0 aliphatic heterocycles. The van der Waals surface area contributed by atoms with E-state index in [1.165, 1.54) is 38.5 Å². The summed E-state index contributed by atoms with van der Waals surface area (Å²) in [6.45, 7) is 13.0. The van der Waals surface area contributed by atoms with Gasteiger partial charge >= 0.3 is 5.97 Å². The first kappa shape index (κ1) is 23.6. The zero-order valence-corrected chi connectivity index (χ0v) is 21.0.